The summed E-state index contributed by atoms with van der Waals surface area (Å²) in [4.78, 5) is 9.23. The molecule has 29 heavy (non-hydrogen) atoms. The van der Waals surface area contributed by atoms with Crippen LogP contribution in [0.4, 0.5) is 0 Å². The molecule has 0 aliphatic carbocycles. The van der Waals surface area contributed by atoms with Gasteiger partial charge in [-0.05, 0) is 81.8 Å². The summed E-state index contributed by atoms with van der Waals surface area (Å²) in [5.74, 6) is 1.84. The molecule has 2 aromatic rings. The van der Waals surface area contributed by atoms with Crippen molar-refractivity contribution in [3.05, 3.63) is 65.0 Å². The molecule has 1 heterocycles. The average molecular weight is 397 g/mol. The first-order valence-electron chi connectivity index (χ1n) is 10.1. The molecule has 0 unspecified atom stereocenters. The number of aryl methyl sites for hydroxylation is 3. The van der Waals surface area contributed by atoms with Gasteiger partial charge in [0.2, 0.25) is 0 Å². The number of oxime groups is 1. The summed E-state index contributed by atoms with van der Waals surface area (Å²) < 4.78 is 11.8. The number of aromatic nitrogens is 1. The van der Waals surface area contributed by atoms with Gasteiger partial charge in [-0.3, -0.25) is 4.98 Å². The number of benzene rings is 1. The number of pyridine rings is 1. The molecule has 0 aliphatic rings. The Morgan fingerprint density at radius 1 is 1.10 bits per heavy atom. The number of nitrogens with zero attached hydrogens (tertiary/aromatic N) is 2. The van der Waals surface area contributed by atoms with Crippen LogP contribution < -0.4 is 9.47 Å². The van der Waals surface area contributed by atoms with E-state index in [0.29, 0.717) is 13.2 Å². The van der Waals surface area contributed by atoms with Crippen LogP contribution in [0.2, 0.25) is 0 Å². The van der Waals surface area contributed by atoms with E-state index in [4.69, 9.17) is 14.3 Å². The molecule has 1 aromatic heterocycles. The Morgan fingerprint density at radius 2 is 1.86 bits per heavy atom. The predicted molar refractivity (Wildman–Crippen MR) is 118 cm³/mol. The molecular formula is C24H32N2O3. The van der Waals surface area contributed by atoms with Crippen LogP contribution >= 0.6 is 0 Å². The normalized spacial score (nSPS) is 11.7. The predicted octanol–water partition coefficient (Wildman–Crippen LogP) is 5.43. The third kappa shape index (κ3) is 7.26. The van der Waals surface area contributed by atoms with Gasteiger partial charge in [0.1, 0.15) is 30.9 Å². The zero-order chi connectivity index (χ0) is 21.1. The van der Waals surface area contributed by atoms with E-state index < -0.39 is 0 Å². The van der Waals surface area contributed by atoms with Crippen LogP contribution in [0.25, 0.3) is 0 Å². The van der Waals surface area contributed by atoms with Gasteiger partial charge in [-0.1, -0.05) is 23.4 Å². The first-order valence-corrected chi connectivity index (χ1v) is 10.1. The first-order chi connectivity index (χ1) is 14.0. The second-order valence-electron chi connectivity index (χ2n) is 6.98. The monoisotopic (exact) mass is 396 g/mol. The van der Waals surface area contributed by atoms with Crippen LogP contribution in [-0.4, -0.2) is 31.0 Å². The van der Waals surface area contributed by atoms with Crippen molar-refractivity contribution in [2.45, 2.75) is 47.0 Å². The van der Waals surface area contributed by atoms with E-state index in [0.717, 1.165) is 53.3 Å². The molecule has 0 saturated carbocycles. The highest BCUT2D eigenvalue weighted by atomic mass is 16.6. The maximum atomic E-state index is 6.05. The van der Waals surface area contributed by atoms with Crippen LogP contribution in [0.1, 0.15) is 49.1 Å². The van der Waals surface area contributed by atoms with E-state index in [1.54, 1.807) is 0 Å². The highest BCUT2D eigenvalue weighted by molar-refractivity contribution is 5.96. The number of unbranched alkanes of at least 4 members (excludes halogenated alkanes) is 1. The van der Waals surface area contributed by atoms with Crippen molar-refractivity contribution >= 4 is 5.71 Å². The maximum absolute atomic E-state index is 6.05. The lowest BCUT2D eigenvalue weighted by molar-refractivity contribution is 0.213. The fraction of sp³-hybridized carbons (Fsp3) is 0.417. The Balaban J connectivity index is 1.78. The minimum atomic E-state index is 0.587. The quantitative estimate of drug-likeness (QED) is 0.220. The highest BCUT2D eigenvalue weighted by Gasteiger charge is 2.07. The van der Waals surface area contributed by atoms with Crippen LogP contribution in [0.15, 0.2) is 47.8 Å². The summed E-state index contributed by atoms with van der Waals surface area (Å²) in [6.07, 6.45) is 8.91. The zero-order valence-electron chi connectivity index (χ0n) is 18.2. The van der Waals surface area contributed by atoms with Crippen molar-refractivity contribution in [3.8, 4) is 11.5 Å². The molecule has 0 bridgehead atoms. The summed E-state index contributed by atoms with van der Waals surface area (Å²) in [5.41, 5.74) is 5.04. The smallest absolute Gasteiger partial charge is 0.125 e. The molecule has 5 heteroatoms. The van der Waals surface area contributed by atoms with Gasteiger partial charge in [0, 0.05) is 6.20 Å². The molecule has 2 rings (SSSR count). The number of allylic oxidation sites excluding steroid dienone is 1. The molecule has 0 amide bonds. The molecule has 156 valence electrons. The summed E-state index contributed by atoms with van der Waals surface area (Å²) in [7, 11) is 1.54. The summed E-state index contributed by atoms with van der Waals surface area (Å²) in [5, 5.41) is 3.90. The van der Waals surface area contributed by atoms with Gasteiger partial charge < -0.3 is 14.3 Å². The molecule has 0 spiro atoms. The highest BCUT2D eigenvalue weighted by Crippen LogP contribution is 2.28. The number of hydrogen-bond acceptors (Lipinski definition) is 5. The van der Waals surface area contributed by atoms with Gasteiger partial charge in [0.15, 0.2) is 0 Å². The fourth-order valence-electron chi connectivity index (χ4n) is 3.04. The standard InChI is InChI=1S/C24H32N2O3/c1-6-7-13-28-22-15-18(2)24(19(3)16-22)29-14-9-8-10-21-11-12-23(25-17-21)20(4)26-27-5/h6-7,11-12,15-17H,8-10,13-14H2,1-5H3/b7-6+,26-20?. The molecule has 0 atom stereocenters. The van der Waals surface area contributed by atoms with Gasteiger partial charge in [-0.2, -0.15) is 0 Å². The third-order valence-electron chi connectivity index (χ3n) is 4.55. The second kappa shape index (κ2) is 11.9. The van der Waals surface area contributed by atoms with Crippen LogP contribution in [0, 0.1) is 13.8 Å². The van der Waals surface area contributed by atoms with Crippen LogP contribution in [0.3, 0.4) is 0 Å². The van der Waals surface area contributed by atoms with Crippen molar-refractivity contribution in [1.82, 2.24) is 4.98 Å². The first kappa shape index (κ1) is 22.5. The lowest BCUT2D eigenvalue weighted by atomic mass is 10.1. The number of ether oxygens (including phenoxy) is 2. The van der Waals surface area contributed by atoms with E-state index >= 15 is 0 Å². The Labute approximate surface area is 174 Å². The van der Waals surface area contributed by atoms with E-state index in [2.05, 4.69) is 30.1 Å². The van der Waals surface area contributed by atoms with Gasteiger partial charge >= 0.3 is 0 Å². The molecule has 1 aromatic carbocycles. The molecule has 0 radical (unpaired) electrons. The molecular weight excluding hydrogens is 364 g/mol. The van der Waals surface area contributed by atoms with Crippen LogP contribution in [-0.2, 0) is 11.3 Å². The molecule has 0 N–H and O–H groups in total. The van der Waals surface area contributed by atoms with Gasteiger partial charge in [0.25, 0.3) is 0 Å². The molecule has 5 nitrogen and oxygen atoms in total. The Hall–Kier alpha value is -2.82. The van der Waals surface area contributed by atoms with Gasteiger partial charge in [-0.25, -0.2) is 0 Å². The minimum Gasteiger partial charge on any atom is -0.493 e. The minimum absolute atomic E-state index is 0.587. The summed E-state index contributed by atoms with van der Waals surface area (Å²) in [6, 6.07) is 8.15. The lowest BCUT2D eigenvalue weighted by Crippen LogP contribution is -2.03. The van der Waals surface area contributed by atoms with E-state index in [1.165, 1.54) is 12.7 Å². The lowest BCUT2D eigenvalue weighted by Gasteiger charge is -2.14. The number of hydrogen-bond donors (Lipinski definition) is 0. The number of rotatable bonds is 11. The third-order valence-corrected chi connectivity index (χ3v) is 4.55. The van der Waals surface area contributed by atoms with E-state index in [1.807, 2.05) is 50.4 Å². The average Bonchev–Trinajstić information content (AvgIpc) is 2.70. The fourth-order valence-corrected chi connectivity index (χ4v) is 3.04. The Morgan fingerprint density at radius 3 is 2.48 bits per heavy atom. The van der Waals surface area contributed by atoms with Crippen molar-refractivity contribution in [2.24, 2.45) is 5.16 Å². The molecule has 0 aliphatic heterocycles. The summed E-state index contributed by atoms with van der Waals surface area (Å²) in [6.45, 7) is 9.28. The van der Waals surface area contributed by atoms with Crippen molar-refractivity contribution in [1.29, 1.82) is 0 Å². The largest absolute Gasteiger partial charge is 0.493 e. The second-order valence-corrected chi connectivity index (χ2v) is 6.98. The van der Waals surface area contributed by atoms with Crippen LogP contribution in [0.5, 0.6) is 11.5 Å². The topological polar surface area (TPSA) is 52.9 Å². The van der Waals surface area contributed by atoms with E-state index in [-0.39, 0.29) is 0 Å². The van der Waals surface area contributed by atoms with Gasteiger partial charge in [0.05, 0.1) is 12.3 Å². The van der Waals surface area contributed by atoms with Crippen molar-refractivity contribution in [3.63, 3.8) is 0 Å². The SMILES string of the molecule is C/C=C/COc1cc(C)c(OCCCCc2ccc(C(C)=NOC)nc2)c(C)c1. The Bertz CT molecular complexity index is 804. The zero-order valence-corrected chi connectivity index (χ0v) is 18.2. The molecule has 0 saturated heterocycles. The van der Waals surface area contributed by atoms with E-state index in [9.17, 15) is 0 Å². The maximum Gasteiger partial charge on any atom is 0.125 e. The summed E-state index contributed by atoms with van der Waals surface area (Å²) >= 11 is 0. The van der Waals surface area contributed by atoms with Crippen molar-refractivity contribution < 1.29 is 14.3 Å². The Kier molecular flexibility index (Phi) is 9.22. The van der Waals surface area contributed by atoms with Gasteiger partial charge in [-0.15, -0.1) is 0 Å². The van der Waals surface area contributed by atoms with Crippen molar-refractivity contribution in [2.75, 3.05) is 20.3 Å². The molecule has 0 fully saturated rings.